The number of rotatable bonds is 4. The maximum Gasteiger partial charge on any atom is 0.171 e. The molecule has 21 heavy (non-hydrogen) atoms. The van der Waals surface area contributed by atoms with Gasteiger partial charge < -0.3 is 15.4 Å². The Bertz CT molecular complexity index is 500. The van der Waals surface area contributed by atoms with E-state index in [0.717, 1.165) is 28.4 Å². The Hall–Kier alpha value is -1.29. The van der Waals surface area contributed by atoms with Crippen LogP contribution in [-0.2, 0) is 0 Å². The molecular formula is C17H24N2OS. The van der Waals surface area contributed by atoms with Gasteiger partial charge in [0.1, 0.15) is 5.75 Å². The third-order valence-electron chi connectivity index (χ3n) is 4.54. The second kappa shape index (κ2) is 6.22. The van der Waals surface area contributed by atoms with Gasteiger partial charge in [-0.1, -0.05) is 6.42 Å². The predicted molar refractivity (Wildman–Crippen MR) is 90.8 cm³/mol. The van der Waals surface area contributed by atoms with Crippen molar-refractivity contribution in [3.8, 4) is 5.75 Å². The highest BCUT2D eigenvalue weighted by molar-refractivity contribution is 7.80. The molecule has 0 aliphatic heterocycles. The van der Waals surface area contributed by atoms with Crippen molar-refractivity contribution < 1.29 is 4.74 Å². The zero-order chi connectivity index (χ0) is 14.8. The molecule has 2 bridgehead atoms. The van der Waals surface area contributed by atoms with Gasteiger partial charge in [-0.05, 0) is 81.4 Å². The van der Waals surface area contributed by atoms with Gasteiger partial charge in [0.05, 0.1) is 6.10 Å². The minimum Gasteiger partial charge on any atom is -0.491 e. The maximum atomic E-state index is 5.64. The van der Waals surface area contributed by atoms with Crippen LogP contribution >= 0.6 is 12.2 Å². The number of nitrogens with one attached hydrogen (secondary N) is 2. The minimum absolute atomic E-state index is 0.198. The third kappa shape index (κ3) is 3.67. The van der Waals surface area contributed by atoms with E-state index in [4.69, 9.17) is 17.0 Å². The van der Waals surface area contributed by atoms with Gasteiger partial charge >= 0.3 is 0 Å². The number of anilines is 1. The average Bonchev–Trinajstić information content (AvgIpc) is 3.02. The second-order valence-corrected chi connectivity index (χ2v) is 6.98. The molecule has 3 atom stereocenters. The first-order valence-corrected chi connectivity index (χ1v) is 8.35. The van der Waals surface area contributed by atoms with Crippen molar-refractivity contribution in [2.45, 2.75) is 51.7 Å². The maximum absolute atomic E-state index is 5.64. The number of thiocarbonyl (C=S) groups is 1. The van der Waals surface area contributed by atoms with Gasteiger partial charge in [-0.3, -0.25) is 0 Å². The Morgan fingerprint density at radius 3 is 2.52 bits per heavy atom. The van der Waals surface area contributed by atoms with Gasteiger partial charge in [0.15, 0.2) is 5.11 Å². The SMILES string of the molecule is CC(C)Oc1ccc(NC(=S)N[C@H]2C[C@H]3CC[C@@H]2C3)cc1. The normalized spacial score (nSPS) is 26.9. The summed E-state index contributed by atoms with van der Waals surface area (Å²) in [5.41, 5.74) is 1.01. The third-order valence-corrected chi connectivity index (χ3v) is 4.76. The monoisotopic (exact) mass is 304 g/mol. The van der Waals surface area contributed by atoms with Crippen LogP contribution in [0.3, 0.4) is 0 Å². The standard InChI is InChI=1S/C17H24N2OS/c1-11(2)20-15-7-5-14(6-8-15)18-17(21)19-16-10-12-3-4-13(16)9-12/h5-8,11-13,16H,3-4,9-10H2,1-2H3,(H2,18,19,21)/t12-,13+,16-/m0/s1. The summed E-state index contributed by atoms with van der Waals surface area (Å²) in [6, 6.07) is 8.54. The van der Waals surface area contributed by atoms with E-state index >= 15 is 0 Å². The van der Waals surface area contributed by atoms with Crippen LogP contribution in [0.5, 0.6) is 5.75 Å². The molecule has 0 heterocycles. The first-order chi connectivity index (χ1) is 10.1. The Labute approximate surface area is 132 Å². The first kappa shape index (κ1) is 14.6. The molecule has 2 fully saturated rings. The van der Waals surface area contributed by atoms with Crippen LogP contribution in [0.4, 0.5) is 5.69 Å². The zero-order valence-electron chi connectivity index (χ0n) is 12.8. The van der Waals surface area contributed by atoms with Crippen LogP contribution < -0.4 is 15.4 Å². The molecule has 0 unspecified atom stereocenters. The molecule has 2 aliphatic carbocycles. The summed E-state index contributed by atoms with van der Waals surface area (Å²) in [5, 5.41) is 7.51. The van der Waals surface area contributed by atoms with Crippen molar-refractivity contribution in [1.82, 2.24) is 5.32 Å². The minimum atomic E-state index is 0.198. The summed E-state index contributed by atoms with van der Waals surface area (Å²) in [6.07, 6.45) is 5.66. The summed E-state index contributed by atoms with van der Waals surface area (Å²) in [5.74, 6) is 2.65. The highest BCUT2D eigenvalue weighted by Crippen LogP contribution is 2.44. The quantitative estimate of drug-likeness (QED) is 0.825. The Morgan fingerprint density at radius 1 is 1.19 bits per heavy atom. The fourth-order valence-electron chi connectivity index (χ4n) is 3.65. The van der Waals surface area contributed by atoms with Crippen LogP contribution in [0.1, 0.15) is 39.5 Å². The fraction of sp³-hybridized carbons (Fsp3) is 0.588. The van der Waals surface area contributed by atoms with E-state index in [9.17, 15) is 0 Å². The lowest BCUT2D eigenvalue weighted by atomic mass is 9.96. The van der Waals surface area contributed by atoms with Crippen molar-refractivity contribution in [3.63, 3.8) is 0 Å². The molecular weight excluding hydrogens is 280 g/mol. The molecule has 3 nitrogen and oxygen atoms in total. The van der Waals surface area contributed by atoms with Crippen molar-refractivity contribution >= 4 is 23.0 Å². The Balaban J connectivity index is 1.50. The summed E-state index contributed by atoms with van der Waals surface area (Å²) in [7, 11) is 0. The van der Waals surface area contributed by atoms with E-state index in [1.807, 2.05) is 38.1 Å². The molecule has 2 N–H and O–H groups in total. The Kier molecular flexibility index (Phi) is 4.34. The lowest BCUT2D eigenvalue weighted by Crippen LogP contribution is -2.40. The fourth-order valence-corrected chi connectivity index (χ4v) is 3.92. The molecule has 114 valence electrons. The molecule has 0 spiro atoms. The lowest BCUT2D eigenvalue weighted by Gasteiger charge is -2.24. The molecule has 2 saturated carbocycles. The number of hydrogen-bond acceptors (Lipinski definition) is 2. The number of hydrogen-bond donors (Lipinski definition) is 2. The zero-order valence-corrected chi connectivity index (χ0v) is 13.6. The van der Waals surface area contributed by atoms with Gasteiger partial charge in [0, 0.05) is 11.7 Å². The van der Waals surface area contributed by atoms with Crippen molar-refractivity contribution in [1.29, 1.82) is 0 Å². The van der Waals surface area contributed by atoms with Crippen LogP contribution in [0, 0.1) is 11.8 Å². The van der Waals surface area contributed by atoms with Gasteiger partial charge in [-0.2, -0.15) is 0 Å². The molecule has 4 heteroatoms. The van der Waals surface area contributed by atoms with E-state index in [0.29, 0.717) is 6.04 Å². The molecule has 1 aromatic carbocycles. The molecule has 0 amide bonds. The van der Waals surface area contributed by atoms with Crippen LogP contribution in [0.2, 0.25) is 0 Å². The smallest absolute Gasteiger partial charge is 0.171 e. The van der Waals surface area contributed by atoms with E-state index in [1.54, 1.807) is 0 Å². The van der Waals surface area contributed by atoms with E-state index in [1.165, 1.54) is 25.7 Å². The van der Waals surface area contributed by atoms with Crippen LogP contribution in [-0.4, -0.2) is 17.3 Å². The molecule has 3 rings (SSSR count). The van der Waals surface area contributed by atoms with Crippen molar-refractivity contribution in [2.75, 3.05) is 5.32 Å². The van der Waals surface area contributed by atoms with E-state index in [2.05, 4.69) is 10.6 Å². The topological polar surface area (TPSA) is 33.3 Å². The number of benzene rings is 1. The largest absolute Gasteiger partial charge is 0.491 e. The summed E-state index contributed by atoms with van der Waals surface area (Å²) >= 11 is 5.44. The summed E-state index contributed by atoms with van der Waals surface area (Å²) < 4.78 is 5.64. The molecule has 0 aromatic heterocycles. The second-order valence-electron chi connectivity index (χ2n) is 6.57. The molecule has 2 aliphatic rings. The summed E-state index contributed by atoms with van der Waals surface area (Å²) in [6.45, 7) is 4.06. The van der Waals surface area contributed by atoms with Gasteiger partial charge in [0.2, 0.25) is 0 Å². The lowest BCUT2D eigenvalue weighted by molar-refractivity contribution is 0.242. The van der Waals surface area contributed by atoms with Gasteiger partial charge in [-0.15, -0.1) is 0 Å². The van der Waals surface area contributed by atoms with E-state index in [-0.39, 0.29) is 6.10 Å². The number of ether oxygens (including phenoxy) is 1. The van der Waals surface area contributed by atoms with Crippen LogP contribution in [0.25, 0.3) is 0 Å². The highest BCUT2D eigenvalue weighted by Gasteiger charge is 2.39. The molecule has 1 aromatic rings. The summed E-state index contributed by atoms with van der Waals surface area (Å²) in [4.78, 5) is 0. The number of fused-ring (bicyclic) bond motifs is 2. The van der Waals surface area contributed by atoms with E-state index < -0.39 is 0 Å². The van der Waals surface area contributed by atoms with Crippen LogP contribution in [0.15, 0.2) is 24.3 Å². The first-order valence-electron chi connectivity index (χ1n) is 7.94. The van der Waals surface area contributed by atoms with Crippen molar-refractivity contribution in [2.24, 2.45) is 11.8 Å². The average molecular weight is 304 g/mol. The molecule has 0 radical (unpaired) electrons. The Morgan fingerprint density at radius 2 is 1.95 bits per heavy atom. The van der Waals surface area contributed by atoms with Gasteiger partial charge in [0.25, 0.3) is 0 Å². The van der Waals surface area contributed by atoms with Crippen molar-refractivity contribution in [3.05, 3.63) is 24.3 Å². The van der Waals surface area contributed by atoms with Gasteiger partial charge in [-0.25, -0.2) is 0 Å². The molecule has 0 saturated heterocycles. The predicted octanol–water partition coefficient (Wildman–Crippen LogP) is 3.95. The highest BCUT2D eigenvalue weighted by atomic mass is 32.1.